The fourth-order valence-electron chi connectivity index (χ4n) is 1.61. The molecule has 14 heavy (non-hydrogen) atoms. The van der Waals surface area contributed by atoms with Crippen LogP contribution in [0.3, 0.4) is 0 Å². The van der Waals surface area contributed by atoms with Gasteiger partial charge in [0.2, 0.25) is 0 Å². The predicted molar refractivity (Wildman–Crippen MR) is 58.9 cm³/mol. The van der Waals surface area contributed by atoms with E-state index in [-0.39, 0.29) is 0 Å². The number of aromatic nitrogens is 1. The van der Waals surface area contributed by atoms with Crippen LogP contribution in [0.5, 0.6) is 0 Å². The third kappa shape index (κ3) is 1.54. The van der Waals surface area contributed by atoms with Gasteiger partial charge in [-0.15, -0.1) is 0 Å². The van der Waals surface area contributed by atoms with Gasteiger partial charge in [0.05, 0.1) is 5.52 Å². The first-order valence-corrected chi connectivity index (χ1v) is 4.60. The summed E-state index contributed by atoms with van der Waals surface area (Å²) in [6.07, 6.45) is 0. The highest BCUT2D eigenvalue weighted by atomic mass is 14.8. The van der Waals surface area contributed by atoms with Gasteiger partial charge in [0.25, 0.3) is 0 Å². The molecule has 0 saturated heterocycles. The van der Waals surface area contributed by atoms with E-state index in [9.17, 15) is 0 Å². The van der Waals surface area contributed by atoms with E-state index < -0.39 is 0 Å². The summed E-state index contributed by atoms with van der Waals surface area (Å²) in [5.74, 6) is 0.578. The Morgan fingerprint density at radius 3 is 2.93 bits per heavy atom. The number of hydrogen-bond donors (Lipinski definition) is 2. The van der Waals surface area contributed by atoms with Crippen molar-refractivity contribution in [3.8, 4) is 0 Å². The van der Waals surface area contributed by atoms with Crippen LogP contribution >= 0.6 is 0 Å². The molecule has 72 valence electrons. The first-order chi connectivity index (χ1) is 6.81. The normalized spacial score (nSPS) is 10.6. The average Bonchev–Trinajstić information content (AvgIpc) is 2.18. The van der Waals surface area contributed by atoms with E-state index in [0.29, 0.717) is 5.82 Å². The standard InChI is InChI=1S/C11H13N3/c1-13-7-8-6-11(12)14-10-5-3-2-4-9(8)10/h2-6,13H,7H2,1H3,(H2,12,14). The van der Waals surface area contributed by atoms with E-state index >= 15 is 0 Å². The van der Waals surface area contributed by atoms with Crippen molar-refractivity contribution in [2.24, 2.45) is 0 Å². The van der Waals surface area contributed by atoms with Crippen LogP contribution in [0, 0.1) is 0 Å². The van der Waals surface area contributed by atoms with Crippen molar-refractivity contribution in [1.82, 2.24) is 10.3 Å². The number of hydrogen-bond acceptors (Lipinski definition) is 3. The third-order valence-corrected chi connectivity index (χ3v) is 2.19. The SMILES string of the molecule is CNCc1cc(N)nc2ccccc12. The number of benzene rings is 1. The summed E-state index contributed by atoms with van der Waals surface area (Å²) in [7, 11) is 1.92. The van der Waals surface area contributed by atoms with Crippen LogP contribution in [0.25, 0.3) is 10.9 Å². The van der Waals surface area contributed by atoms with E-state index in [1.54, 1.807) is 0 Å². The fraction of sp³-hybridized carbons (Fsp3) is 0.182. The molecule has 0 aliphatic carbocycles. The third-order valence-electron chi connectivity index (χ3n) is 2.19. The number of pyridine rings is 1. The van der Waals surface area contributed by atoms with Crippen LogP contribution in [0.4, 0.5) is 5.82 Å². The first-order valence-electron chi connectivity index (χ1n) is 4.60. The second kappa shape index (κ2) is 3.64. The average molecular weight is 187 g/mol. The number of nitrogens with one attached hydrogen (secondary N) is 1. The Kier molecular flexibility index (Phi) is 2.33. The molecule has 3 heteroatoms. The van der Waals surface area contributed by atoms with E-state index in [4.69, 9.17) is 5.73 Å². The highest BCUT2D eigenvalue weighted by Gasteiger charge is 2.01. The largest absolute Gasteiger partial charge is 0.384 e. The zero-order valence-electron chi connectivity index (χ0n) is 8.12. The summed E-state index contributed by atoms with van der Waals surface area (Å²) in [6.45, 7) is 0.813. The van der Waals surface area contributed by atoms with Gasteiger partial charge in [-0.05, 0) is 24.7 Å². The minimum Gasteiger partial charge on any atom is -0.384 e. The monoisotopic (exact) mass is 187 g/mol. The molecule has 0 spiro atoms. The number of nitrogen functional groups attached to an aromatic ring is 1. The van der Waals surface area contributed by atoms with E-state index in [1.165, 1.54) is 5.56 Å². The Bertz CT molecular complexity index is 451. The van der Waals surface area contributed by atoms with Crippen molar-refractivity contribution < 1.29 is 0 Å². The predicted octanol–water partition coefficient (Wildman–Crippen LogP) is 1.54. The molecule has 1 aromatic carbocycles. The van der Waals surface area contributed by atoms with Gasteiger partial charge in [-0.3, -0.25) is 0 Å². The summed E-state index contributed by atoms with van der Waals surface area (Å²) in [6, 6.07) is 9.94. The molecule has 1 heterocycles. The minimum absolute atomic E-state index is 0.578. The lowest BCUT2D eigenvalue weighted by Gasteiger charge is -2.06. The Morgan fingerprint density at radius 1 is 1.36 bits per heavy atom. The Morgan fingerprint density at radius 2 is 2.14 bits per heavy atom. The second-order valence-electron chi connectivity index (χ2n) is 3.25. The fourth-order valence-corrected chi connectivity index (χ4v) is 1.61. The summed E-state index contributed by atoms with van der Waals surface area (Å²) >= 11 is 0. The first kappa shape index (κ1) is 8.97. The highest BCUT2D eigenvalue weighted by Crippen LogP contribution is 2.18. The number of rotatable bonds is 2. The number of nitrogens with two attached hydrogens (primary N) is 1. The van der Waals surface area contributed by atoms with Gasteiger partial charge in [0.15, 0.2) is 0 Å². The maximum atomic E-state index is 5.72. The topological polar surface area (TPSA) is 50.9 Å². The van der Waals surface area contributed by atoms with E-state index in [1.807, 2.05) is 31.3 Å². The van der Waals surface area contributed by atoms with Crippen LogP contribution in [-0.2, 0) is 6.54 Å². The zero-order chi connectivity index (χ0) is 9.97. The van der Waals surface area contributed by atoms with Gasteiger partial charge in [-0.2, -0.15) is 0 Å². The number of fused-ring (bicyclic) bond motifs is 1. The molecule has 0 aliphatic heterocycles. The summed E-state index contributed by atoms with van der Waals surface area (Å²) < 4.78 is 0. The lowest BCUT2D eigenvalue weighted by Crippen LogP contribution is -2.06. The summed E-state index contributed by atoms with van der Waals surface area (Å²) in [4.78, 5) is 4.27. The molecule has 0 radical (unpaired) electrons. The van der Waals surface area contributed by atoms with Crippen molar-refractivity contribution in [3.63, 3.8) is 0 Å². The van der Waals surface area contributed by atoms with Gasteiger partial charge in [-0.1, -0.05) is 18.2 Å². The number of para-hydroxylation sites is 1. The van der Waals surface area contributed by atoms with Crippen molar-refractivity contribution in [3.05, 3.63) is 35.9 Å². The van der Waals surface area contributed by atoms with Crippen LogP contribution in [-0.4, -0.2) is 12.0 Å². The minimum atomic E-state index is 0.578. The van der Waals surface area contributed by atoms with Crippen molar-refractivity contribution in [2.45, 2.75) is 6.54 Å². The van der Waals surface area contributed by atoms with Crippen LogP contribution in [0.15, 0.2) is 30.3 Å². The molecule has 0 fully saturated rings. The van der Waals surface area contributed by atoms with Crippen molar-refractivity contribution in [1.29, 1.82) is 0 Å². The van der Waals surface area contributed by atoms with Gasteiger partial charge in [0, 0.05) is 11.9 Å². The van der Waals surface area contributed by atoms with Crippen molar-refractivity contribution >= 4 is 16.7 Å². The summed E-state index contributed by atoms with van der Waals surface area (Å²) in [5, 5.41) is 4.28. The molecule has 2 rings (SSSR count). The smallest absolute Gasteiger partial charge is 0.124 e. The lowest BCUT2D eigenvalue weighted by atomic mass is 10.1. The number of nitrogens with zero attached hydrogens (tertiary/aromatic N) is 1. The number of anilines is 1. The molecule has 0 aliphatic rings. The molecule has 3 N–H and O–H groups in total. The Labute approximate surface area is 83.0 Å². The maximum Gasteiger partial charge on any atom is 0.124 e. The molecular formula is C11H13N3. The van der Waals surface area contributed by atoms with Crippen LogP contribution < -0.4 is 11.1 Å². The van der Waals surface area contributed by atoms with Gasteiger partial charge in [0.1, 0.15) is 5.82 Å². The lowest BCUT2D eigenvalue weighted by molar-refractivity contribution is 0.823. The van der Waals surface area contributed by atoms with Crippen molar-refractivity contribution in [2.75, 3.05) is 12.8 Å². The zero-order valence-corrected chi connectivity index (χ0v) is 8.12. The molecule has 3 nitrogen and oxygen atoms in total. The van der Waals surface area contributed by atoms with Gasteiger partial charge in [-0.25, -0.2) is 4.98 Å². The van der Waals surface area contributed by atoms with E-state index in [2.05, 4.69) is 16.4 Å². The highest BCUT2D eigenvalue weighted by molar-refractivity contribution is 5.83. The Hall–Kier alpha value is -1.61. The Balaban J connectivity index is 2.67. The molecule has 2 aromatic rings. The van der Waals surface area contributed by atoms with Crippen LogP contribution in [0.2, 0.25) is 0 Å². The quantitative estimate of drug-likeness (QED) is 0.749. The molecule has 0 atom stereocenters. The van der Waals surface area contributed by atoms with Gasteiger partial charge < -0.3 is 11.1 Å². The molecule has 0 saturated carbocycles. The van der Waals surface area contributed by atoms with Crippen LogP contribution in [0.1, 0.15) is 5.56 Å². The maximum absolute atomic E-state index is 5.72. The molecule has 1 aromatic heterocycles. The summed E-state index contributed by atoms with van der Waals surface area (Å²) in [5.41, 5.74) is 7.86. The van der Waals surface area contributed by atoms with E-state index in [0.717, 1.165) is 17.4 Å². The van der Waals surface area contributed by atoms with Gasteiger partial charge >= 0.3 is 0 Å². The second-order valence-corrected chi connectivity index (χ2v) is 3.25. The molecule has 0 bridgehead atoms. The molecular weight excluding hydrogens is 174 g/mol. The molecule has 0 amide bonds. The molecule has 0 unspecified atom stereocenters.